The summed E-state index contributed by atoms with van der Waals surface area (Å²) in [4.78, 5) is 29.3. The third-order valence-corrected chi connectivity index (χ3v) is 2.40. The van der Waals surface area contributed by atoms with Crippen molar-refractivity contribution in [3.63, 3.8) is 0 Å². The zero-order valence-electron chi connectivity index (χ0n) is 10.2. The van der Waals surface area contributed by atoms with Crippen LogP contribution in [-0.2, 0) is 0 Å². The van der Waals surface area contributed by atoms with Gasteiger partial charge in [-0.1, -0.05) is 12.1 Å². The number of ketones is 1. The molecule has 92 valence electrons. The van der Waals surface area contributed by atoms with E-state index in [-0.39, 0.29) is 11.3 Å². The van der Waals surface area contributed by atoms with Crippen LogP contribution in [0.3, 0.4) is 0 Å². The lowest BCUT2D eigenvalue weighted by Crippen LogP contribution is -2.10. The second-order valence-corrected chi connectivity index (χ2v) is 4.00. The number of carbonyl (C=O) groups excluding carboxylic acids is 1. The summed E-state index contributed by atoms with van der Waals surface area (Å²) in [5.41, 5.74) is 1.73. The van der Waals surface area contributed by atoms with Gasteiger partial charge >= 0.3 is 0 Å². The number of aryl methyl sites for hydroxylation is 1. The topological polar surface area (TPSA) is 74.8 Å². The number of H-pyrrole nitrogens is 1. The number of Topliss-reactive ketones (excluding diaryl/α,β-unsaturated/α-hetero) is 1. The minimum absolute atomic E-state index is 0.00987. The minimum Gasteiger partial charge on any atom is -0.326 e. The van der Waals surface area contributed by atoms with Crippen molar-refractivity contribution in [2.45, 2.75) is 13.8 Å². The predicted octanol–water partition coefficient (Wildman–Crippen LogP) is 2.02. The molecular weight excluding hydrogens is 230 g/mol. The van der Waals surface area contributed by atoms with Gasteiger partial charge in [0.15, 0.2) is 5.78 Å². The summed E-state index contributed by atoms with van der Waals surface area (Å²) < 4.78 is 0. The molecule has 0 atom stereocenters. The van der Waals surface area contributed by atoms with E-state index < -0.39 is 0 Å². The highest BCUT2D eigenvalue weighted by atomic mass is 16.1. The molecule has 0 saturated carbocycles. The van der Waals surface area contributed by atoms with Crippen LogP contribution in [0.4, 0.5) is 11.6 Å². The van der Waals surface area contributed by atoms with E-state index in [2.05, 4.69) is 15.3 Å². The van der Waals surface area contributed by atoms with Crippen LogP contribution in [0.2, 0.25) is 0 Å². The lowest BCUT2D eigenvalue weighted by molar-refractivity contribution is 0.101. The Hall–Kier alpha value is -2.43. The maximum Gasteiger partial charge on any atom is 0.252 e. The molecule has 0 unspecified atom stereocenters. The highest BCUT2D eigenvalue weighted by Crippen LogP contribution is 2.14. The van der Waals surface area contributed by atoms with Crippen LogP contribution in [-0.4, -0.2) is 15.8 Å². The molecule has 0 amide bonds. The third-order valence-electron chi connectivity index (χ3n) is 2.40. The number of hydrogen-bond acceptors (Lipinski definition) is 4. The van der Waals surface area contributed by atoms with Gasteiger partial charge in [-0.05, 0) is 26.0 Å². The first-order valence-corrected chi connectivity index (χ1v) is 5.50. The smallest absolute Gasteiger partial charge is 0.252 e. The van der Waals surface area contributed by atoms with E-state index in [0.717, 1.165) is 0 Å². The molecule has 1 aromatic carbocycles. The molecule has 5 heteroatoms. The standard InChI is InChI=1S/C13H13N3O2/c1-8-6-12(18)16-13(14-8)15-11-5-3-4-10(7-11)9(2)17/h3-7H,1-2H3,(H2,14,15,16,18). The SMILES string of the molecule is CC(=O)c1cccc(Nc2nc(C)cc(=O)[nH]2)c1. The maximum atomic E-state index is 11.3. The summed E-state index contributed by atoms with van der Waals surface area (Å²) >= 11 is 0. The van der Waals surface area contributed by atoms with Crippen LogP contribution in [0.1, 0.15) is 23.0 Å². The van der Waals surface area contributed by atoms with E-state index >= 15 is 0 Å². The lowest BCUT2D eigenvalue weighted by Gasteiger charge is -2.06. The van der Waals surface area contributed by atoms with Crippen LogP contribution in [0.15, 0.2) is 35.1 Å². The van der Waals surface area contributed by atoms with Crippen LogP contribution in [0.5, 0.6) is 0 Å². The van der Waals surface area contributed by atoms with Crippen molar-refractivity contribution < 1.29 is 4.79 Å². The van der Waals surface area contributed by atoms with E-state index in [1.54, 1.807) is 31.2 Å². The maximum absolute atomic E-state index is 11.3. The number of hydrogen-bond donors (Lipinski definition) is 2. The Labute approximate surface area is 104 Å². The first-order chi connectivity index (χ1) is 8.54. The van der Waals surface area contributed by atoms with Crippen LogP contribution < -0.4 is 10.9 Å². The summed E-state index contributed by atoms with van der Waals surface area (Å²) in [5, 5.41) is 2.96. The van der Waals surface area contributed by atoms with Crippen LogP contribution >= 0.6 is 0 Å². The molecule has 1 aromatic heterocycles. The van der Waals surface area contributed by atoms with E-state index in [0.29, 0.717) is 22.9 Å². The third kappa shape index (κ3) is 2.82. The molecule has 18 heavy (non-hydrogen) atoms. The van der Waals surface area contributed by atoms with Crippen molar-refractivity contribution in [1.29, 1.82) is 0 Å². The summed E-state index contributed by atoms with van der Waals surface area (Å²) in [5.74, 6) is 0.352. The van der Waals surface area contributed by atoms with Crippen LogP contribution in [0.25, 0.3) is 0 Å². The molecule has 0 radical (unpaired) electrons. The molecule has 0 fully saturated rings. The van der Waals surface area contributed by atoms with Gasteiger partial charge in [-0.3, -0.25) is 14.6 Å². The van der Waals surface area contributed by atoms with Crippen molar-refractivity contribution in [1.82, 2.24) is 9.97 Å². The predicted molar refractivity (Wildman–Crippen MR) is 69.3 cm³/mol. The van der Waals surface area contributed by atoms with Gasteiger partial charge in [-0.25, -0.2) is 4.98 Å². The number of rotatable bonds is 3. The van der Waals surface area contributed by atoms with Crippen molar-refractivity contribution in [2.75, 3.05) is 5.32 Å². The molecule has 2 rings (SSSR count). The van der Waals surface area contributed by atoms with Gasteiger partial charge in [0, 0.05) is 23.0 Å². The fourth-order valence-corrected chi connectivity index (χ4v) is 1.59. The molecule has 0 bridgehead atoms. The minimum atomic E-state index is -0.215. The Morgan fingerprint density at radius 3 is 2.78 bits per heavy atom. The number of nitrogens with one attached hydrogen (secondary N) is 2. The number of benzene rings is 1. The second kappa shape index (κ2) is 4.83. The van der Waals surface area contributed by atoms with E-state index in [9.17, 15) is 9.59 Å². The fraction of sp³-hybridized carbons (Fsp3) is 0.154. The van der Waals surface area contributed by atoms with Gasteiger partial charge in [-0.2, -0.15) is 0 Å². The van der Waals surface area contributed by atoms with Crippen molar-refractivity contribution in [2.24, 2.45) is 0 Å². The molecule has 0 aliphatic heterocycles. The Bertz CT molecular complexity index is 647. The Morgan fingerprint density at radius 2 is 2.11 bits per heavy atom. The largest absolute Gasteiger partial charge is 0.326 e. The van der Waals surface area contributed by atoms with E-state index in [4.69, 9.17) is 0 Å². The van der Waals surface area contributed by atoms with Gasteiger partial charge in [0.2, 0.25) is 5.95 Å². The fourth-order valence-electron chi connectivity index (χ4n) is 1.59. The quantitative estimate of drug-likeness (QED) is 0.809. The zero-order chi connectivity index (χ0) is 13.1. The van der Waals surface area contributed by atoms with E-state index in [1.165, 1.54) is 13.0 Å². The zero-order valence-corrected chi connectivity index (χ0v) is 10.2. The molecule has 5 nitrogen and oxygen atoms in total. The van der Waals surface area contributed by atoms with Gasteiger partial charge in [0.1, 0.15) is 0 Å². The van der Waals surface area contributed by atoms with Crippen LogP contribution in [0, 0.1) is 6.92 Å². The molecule has 0 aliphatic carbocycles. The number of carbonyl (C=O) groups is 1. The average Bonchev–Trinajstić information content (AvgIpc) is 2.27. The summed E-state index contributed by atoms with van der Waals surface area (Å²) in [6, 6.07) is 8.43. The Morgan fingerprint density at radius 1 is 1.33 bits per heavy atom. The number of aromatic amines is 1. The van der Waals surface area contributed by atoms with Gasteiger partial charge in [0.25, 0.3) is 5.56 Å². The van der Waals surface area contributed by atoms with Crippen molar-refractivity contribution in [3.8, 4) is 0 Å². The lowest BCUT2D eigenvalue weighted by atomic mass is 10.1. The van der Waals surface area contributed by atoms with Gasteiger partial charge < -0.3 is 5.32 Å². The highest BCUT2D eigenvalue weighted by molar-refractivity contribution is 5.95. The number of aromatic nitrogens is 2. The Balaban J connectivity index is 2.31. The average molecular weight is 243 g/mol. The Kier molecular flexibility index (Phi) is 3.23. The first-order valence-electron chi connectivity index (χ1n) is 5.50. The highest BCUT2D eigenvalue weighted by Gasteiger charge is 2.02. The molecule has 0 aliphatic rings. The summed E-state index contributed by atoms with van der Waals surface area (Å²) in [7, 11) is 0. The molecule has 1 heterocycles. The first kappa shape index (κ1) is 12.0. The summed E-state index contributed by atoms with van der Waals surface area (Å²) in [6.45, 7) is 3.25. The molecule has 0 saturated heterocycles. The number of nitrogens with zero attached hydrogens (tertiary/aromatic N) is 1. The normalized spacial score (nSPS) is 10.1. The number of anilines is 2. The second-order valence-electron chi connectivity index (χ2n) is 4.00. The monoisotopic (exact) mass is 243 g/mol. The van der Waals surface area contributed by atoms with Gasteiger partial charge in [-0.15, -0.1) is 0 Å². The molecule has 2 aromatic rings. The molecular formula is C13H13N3O2. The summed E-state index contributed by atoms with van der Waals surface area (Å²) in [6.07, 6.45) is 0. The van der Waals surface area contributed by atoms with E-state index in [1.807, 2.05) is 0 Å². The van der Waals surface area contributed by atoms with Gasteiger partial charge in [0.05, 0.1) is 0 Å². The molecule has 0 spiro atoms. The van der Waals surface area contributed by atoms with Crippen molar-refractivity contribution in [3.05, 3.63) is 51.9 Å². The van der Waals surface area contributed by atoms with Crippen molar-refractivity contribution >= 4 is 17.4 Å². The molecule has 2 N–H and O–H groups in total.